The van der Waals surface area contributed by atoms with Gasteiger partial charge in [-0.25, -0.2) is 0 Å². The van der Waals surface area contributed by atoms with Gasteiger partial charge in [0.25, 0.3) is 0 Å². The van der Waals surface area contributed by atoms with Crippen LogP contribution in [0.2, 0.25) is 0 Å². The SMILES string of the molecule is CCc1ccc(N)c(-c2cccc(C(F)(F)F)c2)c1. The van der Waals surface area contributed by atoms with Gasteiger partial charge in [-0.05, 0) is 41.8 Å². The maximum absolute atomic E-state index is 12.7. The van der Waals surface area contributed by atoms with Crippen molar-refractivity contribution in [1.82, 2.24) is 0 Å². The first-order valence-electron chi connectivity index (χ1n) is 5.98. The first-order chi connectivity index (χ1) is 8.91. The Morgan fingerprint density at radius 2 is 1.79 bits per heavy atom. The van der Waals surface area contributed by atoms with Gasteiger partial charge in [-0.3, -0.25) is 0 Å². The molecule has 0 saturated heterocycles. The maximum atomic E-state index is 12.7. The minimum absolute atomic E-state index is 0.483. The molecule has 100 valence electrons. The third-order valence-corrected chi connectivity index (χ3v) is 3.03. The lowest BCUT2D eigenvalue weighted by Crippen LogP contribution is -2.04. The van der Waals surface area contributed by atoms with Crippen LogP contribution < -0.4 is 5.73 Å². The highest BCUT2D eigenvalue weighted by molar-refractivity contribution is 5.77. The number of aryl methyl sites for hydroxylation is 1. The Kier molecular flexibility index (Phi) is 3.51. The van der Waals surface area contributed by atoms with Crippen LogP contribution >= 0.6 is 0 Å². The predicted molar refractivity (Wildman–Crippen MR) is 70.7 cm³/mol. The molecule has 0 aromatic heterocycles. The van der Waals surface area contributed by atoms with Crippen LogP contribution in [0.15, 0.2) is 42.5 Å². The van der Waals surface area contributed by atoms with E-state index in [0.717, 1.165) is 24.1 Å². The smallest absolute Gasteiger partial charge is 0.398 e. The summed E-state index contributed by atoms with van der Waals surface area (Å²) in [5, 5.41) is 0. The fraction of sp³-hybridized carbons (Fsp3) is 0.200. The number of nitrogens with two attached hydrogens (primary N) is 1. The van der Waals surface area contributed by atoms with Crippen LogP contribution in [0, 0.1) is 0 Å². The molecule has 2 N–H and O–H groups in total. The molecule has 19 heavy (non-hydrogen) atoms. The highest BCUT2D eigenvalue weighted by Gasteiger charge is 2.30. The van der Waals surface area contributed by atoms with Crippen molar-refractivity contribution in [2.75, 3.05) is 5.73 Å². The van der Waals surface area contributed by atoms with Gasteiger partial charge >= 0.3 is 6.18 Å². The Balaban J connectivity index is 2.53. The van der Waals surface area contributed by atoms with Gasteiger partial charge in [-0.15, -0.1) is 0 Å². The van der Waals surface area contributed by atoms with E-state index in [1.807, 2.05) is 19.1 Å². The summed E-state index contributed by atoms with van der Waals surface area (Å²) in [7, 11) is 0. The molecule has 0 unspecified atom stereocenters. The minimum Gasteiger partial charge on any atom is -0.398 e. The molecule has 0 aliphatic rings. The molecule has 0 bridgehead atoms. The molecular weight excluding hydrogens is 251 g/mol. The lowest BCUT2D eigenvalue weighted by atomic mass is 9.98. The standard InChI is InChI=1S/C15H14F3N/c1-2-10-6-7-14(19)13(8-10)11-4-3-5-12(9-11)15(16,17)18/h3-9H,2,19H2,1H3. The Labute approximate surface area is 109 Å². The summed E-state index contributed by atoms with van der Waals surface area (Å²) in [6.07, 6.45) is -3.53. The van der Waals surface area contributed by atoms with E-state index in [-0.39, 0.29) is 0 Å². The fourth-order valence-corrected chi connectivity index (χ4v) is 1.94. The summed E-state index contributed by atoms with van der Waals surface area (Å²) in [6.45, 7) is 1.99. The molecule has 0 aliphatic carbocycles. The van der Waals surface area contributed by atoms with Gasteiger partial charge in [-0.1, -0.05) is 25.1 Å². The number of alkyl halides is 3. The van der Waals surface area contributed by atoms with Gasteiger partial charge in [0.1, 0.15) is 0 Å². The maximum Gasteiger partial charge on any atom is 0.416 e. The quantitative estimate of drug-likeness (QED) is 0.794. The van der Waals surface area contributed by atoms with Gasteiger partial charge < -0.3 is 5.73 Å². The molecule has 0 saturated carbocycles. The van der Waals surface area contributed by atoms with Crippen molar-refractivity contribution >= 4 is 5.69 Å². The van der Waals surface area contributed by atoms with Crippen molar-refractivity contribution < 1.29 is 13.2 Å². The number of anilines is 1. The van der Waals surface area contributed by atoms with Crippen molar-refractivity contribution in [3.05, 3.63) is 53.6 Å². The van der Waals surface area contributed by atoms with Crippen molar-refractivity contribution in [2.24, 2.45) is 0 Å². The first-order valence-corrected chi connectivity index (χ1v) is 5.98. The van der Waals surface area contributed by atoms with Crippen LogP contribution in [0.1, 0.15) is 18.1 Å². The minimum atomic E-state index is -4.34. The van der Waals surface area contributed by atoms with E-state index >= 15 is 0 Å². The molecule has 0 spiro atoms. The van der Waals surface area contributed by atoms with E-state index in [1.165, 1.54) is 6.07 Å². The summed E-state index contributed by atoms with van der Waals surface area (Å²) in [4.78, 5) is 0. The number of hydrogen-bond donors (Lipinski definition) is 1. The Morgan fingerprint density at radius 1 is 1.05 bits per heavy atom. The molecule has 0 atom stereocenters. The summed E-state index contributed by atoms with van der Waals surface area (Å²) < 4.78 is 38.1. The fourth-order valence-electron chi connectivity index (χ4n) is 1.94. The third kappa shape index (κ3) is 2.89. The van der Waals surface area contributed by atoms with E-state index in [2.05, 4.69) is 0 Å². The zero-order valence-corrected chi connectivity index (χ0v) is 10.5. The molecule has 2 aromatic carbocycles. The second-order valence-corrected chi connectivity index (χ2v) is 4.35. The molecule has 2 rings (SSSR count). The second-order valence-electron chi connectivity index (χ2n) is 4.35. The van der Waals surface area contributed by atoms with E-state index < -0.39 is 11.7 Å². The average molecular weight is 265 g/mol. The molecular formula is C15H14F3N. The van der Waals surface area contributed by atoms with E-state index in [1.54, 1.807) is 12.1 Å². The van der Waals surface area contributed by atoms with E-state index in [4.69, 9.17) is 5.73 Å². The van der Waals surface area contributed by atoms with Crippen LogP contribution in [0.3, 0.4) is 0 Å². The Bertz CT molecular complexity index is 588. The molecule has 2 aromatic rings. The van der Waals surface area contributed by atoms with Crippen LogP contribution in [0.25, 0.3) is 11.1 Å². The van der Waals surface area contributed by atoms with Crippen molar-refractivity contribution in [3.8, 4) is 11.1 Å². The Morgan fingerprint density at radius 3 is 2.42 bits per heavy atom. The third-order valence-electron chi connectivity index (χ3n) is 3.03. The van der Waals surface area contributed by atoms with Crippen molar-refractivity contribution in [2.45, 2.75) is 19.5 Å². The molecule has 0 fully saturated rings. The van der Waals surface area contributed by atoms with Crippen molar-refractivity contribution in [1.29, 1.82) is 0 Å². The number of halogens is 3. The second kappa shape index (κ2) is 4.96. The van der Waals surface area contributed by atoms with Gasteiger partial charge in [0.05, 0.1) is 5.56 Å². The number of nitrogen functional groups attached to an aromatic ring is 1. The average Bonchev–Trinajstić information content (AvgIpc) is 2.38. The lowest BCUT2D eigenvalue weighted by Gasteiger charge is -2.11. The predicted octanol–water partition coefficient (Wildman–Crippen LogP) is 4.52. The zero-order valence-electron chi connectivity index (χ0n) is 10.5. The summed E-state index contributed by atoms with van der Waals surface area (Å²) in [5.74, 6) is 0. The lowest BCUT2D eigenvalue weighted by molar-refractivity contribution is -0.137. The van der Waals surface area contributed by atoms with Gasteiger partial charge in [0.15, 0.2) is 0 Å². The molecule has 1 nitrogen and oxygen atoms in total. The zero-order chi connectivity index (χ0) is 14.0. The van der Waals surface area contributed by atoms with Crippen LogP contribution in [0.5, 0.6) is 0 Å². The van der Waals surface area contributed by atoms with Crippen molar-refractivity contribution in [3.63, 3.8) is 0 Å². The van der Waals surface area contributed by atoms with Crippen LogP contribution in [-0.4, -0.2) is 0 Å². The molecule has 0 aliphatic heterocycles. The largest absolute Gasteiger partial charge is 0.416 e. The summed E-state index contributed by atoms with van der Waals surface area (Å²) in [6, 6.07) is 10.7. The van der Waals surface area contributed by atoms with Gasteiger partial charge in [-0.2, -0.15) is 13.2 Å². The highest BCUT2D eigenvalue weighted by Crippen LogP contribution is 2.34. The first kappa shape index (κ1) is 13.5. The normalized spacial score (nSPS) is 11.6. The monoisotopic (exact) mass is 265 g/mol. The highest BCUT2D eigenvalue weighted by atomic mass is 19.4. The van der Waals surface area contributed by atoms with Gasteiger partial charge in [0, 0.05) is 11.3 Å². The Hall–Kier alpha value is -1.97. The van der Waals surface area contributed by atoms with E-state index in [0.29, 0.717) is 16.8 Å². The molecule has 4 heteroatoms. The summed E-state index contributed by atoms with van der Waals surface area (Å²) >= 11 is 0. The van der Waals surface area contributed by atoms with Gasteiger partial charge in [0.2, 0.25) is 0 Å². The molecule has 0 amide bonds. The number of benzene rings is 2. The molecule has 0 radical (unpaired) electrons. The van der Waals surface area contributed by atoms with Crippen LogP contribution in [0.4, 0.5) is 18.9 Å². The van der Waals surface area contributed by atoms with Crippen LogP contribution in [-0.2, 0) is 12.6 Å². The topological polar surface area (TPSA) is 26.0 Å². The number of hydrogen-bond acceptors (Lipinski definition) is 1. The summed E-state index contributed by atoms with van der Waals surface area (Å²) in [5.41, 5.74) is 7.85. The molecule has 0 heterocycles. The number of rotatable bonds is 2. The van der Waals surface area contributed by atoms with E-state index in [9.17, 15) is 13.2 Å².